The van der Waals surface area contributed by atoms with Crippen LogP contribution in [0.25, 0.3) is 0 Å². The fourth-order valence-corrected chi connectivity index (χ4v) is 4.18. The highest BCUT2D eigenvalue weighted by Gasteiger charge is 2.39. The van der Waals surface area contributed by atoms with Crippen molar-refractivity contribution in [3.8, 4) is 0 Å². The molecule has 3 heterocycles. The predicted octanol–water partition coefficient (Wildman–Crippen LogP) is 2.52. The highest BCUT2D eigenvalue weighted by molar-refractivity contribution is 6.30. The van der Waals surface area contributed by atoms with Crippen LogP contribution in [0, 0.1) is 0 Å². The fraction of sp³-hybridized carbons (Fsp3) is 0.500. The van der Waals surface area contributed by atoms with Crippen molar-refractivity contribution in [2.75, 3.05) is 44.2 Å². The number of alkyl halides is 3. The van der Waals surface area contributed by atoms with Gasteiger partial charge in [0.15, 0.2) is 0 Å². The molecule has 0 amide bonds. The summed E-state index contributed by atoms with van der Waals surface area (Å²) in [5.74, 6) is 0.00718. The number of rotatable bonds is 4. The van der Waals surface area contributed by atoms with Crippen molar-refractivity contribution in [2.24, 2.45) is 0 Å². The standard InChI is InChI=1S/C20H23ClF3N5O/c21-15-3-1-14(2-4-15)11-27-7-9-28(10-8-27)16-12-29(13-17(16)30)19-25-6-5-18(26-19)20(22,23)24/h1-6,16-17,30H,7-13H2/t16-,17-/m1/s1. The lowest BCUT2D eigenvalue weighted by Crippen LogP contribution is -2.53. The Kier molecular flexibility index (Phi) is 6.15. The third-order valence-corrected chi connectivity index (χ3v) is 5.92. The number of piperazine rings is 1. The third-order valence-electron chi connectivity index (χ3n) is 5.67. The van der Waals surface area contributed by atoms with Gasteiger partial charge in [-0.3, -0.25) is 9.80 Å². The first kappa shape index (κ1) is 21.3. The number of hydrogen-bond donors (Lipinski definition) is 1. The van der Waals surface area contributed by atoms with Gasteiger partial charge in [-0.2, -0.15) is 13.2 Å². The summed E-state index contributed by atoms with van der Waals surface area (Å²) in [7, 11) is 0. The molecule has 0 spiro atoms. The molecule has 0 saturated carbocycles. The van der Waals surface area contributed by atoms with Gasteiger partial charge in [-0.1, -0.05) is 23.7 Å². The molecule has 4 rings (SSSR count). The monoisotopic (exact) mass is 441 g/mol. The first-order valence-electron chi connectivity index (χ1n) is 9.84. The van der Waals surface area contributed by atoms with E-state index < -0.39 is 18.0 Å². The summed E-state index contributed by atoms with van der Waals surface area (Å²) >= 11 is 5.93. The van der Waals surface area contributed by atoms with Gasteiger partial charge in [-0.15, -0.1) is 0 Å². The van der Waals surface area contributed by atoms with Gasteiger partial charge in [0.25, 0.3) is 0 Å². The predicted molar refractivity (Wildman–Crippen MR) is 107 cm³/mol. The second kappa shape index (κ2) is 8.66. The van der Waals surface area contributed by atoms with Crippen LogP contribution in [-0.4, -0.2) is 76.3 Å². The van der Waals surface area contributed by atoms with E-state index in [1.54, 1.807) is 4.90 Å². The molecule has 2 aromatic rings. The van der Waals surface area contributed by atoms with E-state index >= 15 is 0 Å². The minimum atomic E-state index is -4.52. The zero-order valence-electron chi connectivity index (χ0n) is 16.3. The molecule has 0 bridgehead atoms. The molecule has 2 aliphatic heterocycles. The molecule has 1 aromatic heterocycles. The minimum Gasteiger partial charge on any atom is -0.390 e. The number of hydrogen-bond acceptors (Lipinski definition) is 6. The topological polar surface area (TPSA) is 55.7 Å². The van der Waals surface area contributed by atoms with Gasteiger partial charge in [0.1, 0.15) is 5.69 Å². The van der Waals surface area contributed by atoms with Crippen molar-refractivity contribution < 1.29 is 18.3 Å². The Balaban J connectivity index is 1.34. The molecule has 0 unspecified atom stereocenters. The molecular weight excluding hydrogens is 419 g/mol. The van der Waals surface area contributed by atoms with Gasteiger partial charge in [-0.25, -0.2) is 9.97 Å². The molecule has 2 fully saturated rings. The van der Waals surface area contributed by atoms with Crippen LogP contribution < -0.4 is 4.90 Å². The molecule has 2 saturated heterocycles. The normalized spacial score (nSPS) is 23.8. The van der Waals surface area contributed by atoms with Gasteiger partial charge in [0.05, 0.1) is 12.1 Å². The number of aliphatic hydroxyl groups is 1. The average Bonchev–Trinajstić information content (AvgIpc) is 3.11. The Labute approximate surface area is 177 Å². The minimum absolute atomic E-state index is 0.00718. The number of aromatic nitrogens is 2. The smallest absolute Gasteiger partial charge is 0.390 e. The van der Waals surface area contributed by atoms with Crippen LogP contribution in [0.15, 0.2) is 36.5 Å². The molecule has 1 aromatic carbocycles. The zero-order chi connectivity index (χ0) is 21.3. The van der Waals surface area contributed by atoms with Gasteiger partial charge in [0, 0.05) is 57.0 Å². The van der Waals surface area contributed by atoms with Gasteiger partial charge < -0.3 is 10.0 Å². The van der Waals surface area contributed by atoms with Crippen molar-refractivity contribution in [3.05, 3.63) is 52.8 Å². The van der Waals surface area contributed by atoms with E-state index in [1.807, 2.05) is 24.3 Å². The molecule has 2 aliphatic rings. The summed E-state index contributed by atoms with van der Waals surface area (Å²) in [6, 6.07) is 8.50. The van der Waals surface area contributed by atoms with Crippen molar-refractivity contribution in [3.63, 3.8) is 0 Å². The quantitative estimate of drug-likeness (QED) is 0.787. The first-order valence-corrected chi connectivity index (χ1v) is 10.2. The number of anilines is 1. The second-order valence-electron chi connectivity index (χ2n) is 7.72. The summed E-state index contributed by atoms with van der Waals surface area (Å²) in [6.07, 6.45) is -4.07. The first-order chi connectivity index (χ1) is 14.3. The van der Waals surface area contributed by atoms with Crippen molar-refractivity contribution in [1.29, 1.82) is 0 Å². The average molecular weight is 442 g/mol. The van der Waals surface area contributed by atoms with E-state index in [0.29, 0.717) is 11.6 Å². The Morgan fingerprint density at radius 2 is 1.73 bits per heavy atom. The van der Waals surface area contributed by atoms with E-state index in [1.165, 1.54) is 5.56 Å². The molecule has 6 nitrogen and oxygen atoms in total. The Morgan fingerprint density at radius 1 is 1.03 bits per heavy atom. The van der Waals surface area contributed by atoms with E-state index in [2.05, 4.69) is 19.8 Å². The molecule has 30 heavy (non-hydrogen) atoms. The third kappa shape index (κ3) is 4.85. The van der Waals surface area contributed by atoms with Gasteiger partial charge in [0.2, 0.25) is 5.95 Å². The van der Waals surface area contributed by atoms with E-state index in [0.717, 1.165) is 45.0 Å². The van der Waals surface area contributed by atoms with Crippen molar-refractivity contribution in [2.45, 2.75) is 24.9 Å². The molecule has 0 radical (unpaired) electrons. The van der Waals surface area contributed by atoms with Crippen LogP contribution in [-0.2, 0) is 12.7 Å². The SMILES string of the molecule is O[C@@H]1CN(c2nccc(C(F)(F)F)n2)C[C@H]1N1CCN(Cc2ccc(Cl)cc2)CC1. The highest BCUT2D eigenvalue weighted by atomic mass is 35.5. The summed E-state index contributed by atoms with van der Waals surface area (Å²) in [5.41, 5.74) is 0.225. The second-order valence-corrected chi connectivity index (χ2v) is 8.15. The molecule has 1 N–H and O–H groups in total. The van der Waals surface area contributed by atoms with Crippen LogP contribution >= 0.6 is 11.6 Å². The van der Waals surface area contributed by atoms with Crippen LogP contribution in [0.5, 0.6) is 0 Å². The highest BCUT2D eigenvalue weighted by Crippen LogP contribution is 2.29. The van der Waals surface area contributed by atoms with E-state index in [9.17, 15) is 18.3 Å². The molecule has 0 aliphatic carbocycles. The number of halogens is 4. The lowest BCUT2D eigenvalue weighted by molar-refractivity contribution is -0.141. The van der Waals surface area contributed by atoms with Crippen LogP contribution in [0.2, 0.25) is 5.02 Å². The zero-order valence-corrected chi connectivity index (χ0v) is 17.0. The Bertz CT molecular complexity index is 858. The van der Waals surface area contributed by atoms with Crippen LogP contribution in [0.1, 0.15) is 11.3 Å². The number of nitrogens with zero attached hydrogens (tertiary/aromatic N) is 5. The molecular formula is C20H23ClF3N5O. The fourth-order valence-electron chi connectivity index (χ4n) is 4.05. The lowest BCUT2D eigenvalue weighted by atomic mass is 10.1. The maximum absolute atomic E-state index is 12.9. The van der Waals surface area contributed by atoms with E-state index in [4.69, 9.17) is 11.6 Å². The summed E-state index contributed by atoms with van der Waals surface area (Å²) in [4.78, 5) is 13.8. The molecule has 2 atom stereocenters. The number of benzene rings is 1. The summed E-state index contributed by atoms with van der Waals surface area (Å²) in [6.45, 7) is 4.73. The Hall–Kier alpha value is -1.94. The summed E-state index contributed by atoms with van der Waals surface area (Å²) < 4.78 is 38.8. The maximum Gasteiger partial charge on any atom is 0.433 e. The molecule has 10 heteroatoms. The number of β-amino-alcohol motifs (C(OH)–C–C–N with tert-alkyl or cyclic N) is 1. The summed E-state index contributed by atoms with van der Waals surface area (Å²) in [5, 5.41) is 11.3. The van der Waals surface area contributed by atoms with E-state index in [-0.39, 0.29) is 18.5 Å². The van der Waals surface area contributed by atoms with Gasteiger partial charge in [-0.05, 0) is 23.8 Å². The maximum atomic E-state index is 12.9. The van der Waals surface area contributed by atoms with Crippen LogP contribution in [0.4, 0.5) is 19.1 Å². The lowest BCUT2D eigenvalue weighted by Gasteiger charge is -2.38. The van der Waals surface area contributed by atoms with Gasteiger partial charge >= 0.3 is 6.18 Å². The molecule has 162 valence electrons. The van der Waals surface area contributed by atoms with Crippen molar-refractivity contribution in [1.82, 2.24) is 19.8 Å². The van der Waals surface area contributed by atoms with Crippen LogP contribution in [0.3, 0.4) is 0 Å². The number of aliphatic hydroxyl groups excluding tert-OH is 1. The Morgan fingerprint density at radius 3 is 2.40 bits per heavy atom. The van der Waals surface area contributed by atoms with Crippen molar-refractivity contribution >= 4 is 17.5 Å². The largest absolute Gasteiger partial charge is 0.433 e.